The molecule has 30 heavy (non-hydrogen) atoms. The molecule has 0 saturated heterocycles. The van der Waals surface area contributed by atoms with Crippen LogP contribution in [0.4, 0.5) is 4.39 Å². The normalized spacial score (nSPS) is 14.5. The highest BCUT2D eigenvalue weighted by molar-refractivity contribution is 5.94. The van der Waals surface area contributed by atoms with Crippen molar-refractivity contribution in [2.75, 3.05) is 0 Å². The summed E-state index contributed by atoms with van der Waals surface area (Å²) in [4.78, 5) is 21.0. The number of carbonyl (C=O) groups excluding carboxylic acids is 1. The molecular weight excluding hydrogens is 381 g/mol. The predicted molar refractivity (Wildman–Crippen MR) is 112 cm³/mol. The van der Waals surface area contributed by atoms with Crippen LogP contribution in [0.15, 0.2) is 48.5 Å². The molecule has 0 unspecified atom stereocenters. The third-order valence-corrected chi connectivity index (χ3v) is 5.63. The van der Waals surface area contributed by atoms with E-state index in [4.69, 9.17) is 0 Å². The Labute approximate surface area is 173 Å². The van der Waals surface area contributed by atoms with Gasteiger partial charge in [0.15, 0.2) is 5.69 Å². The summed E-state index contributed by atoms with van der Waals surface area (Å²) < 4.78 is 15.1. The van der Waals surface area contributed by atoms with Crippen molar-refractivity contribution >= 4 is 16.9 Å². The van der Waals surface area contributed by atoms with Gasteiger partial charge in [-0.3, -0.25) is 4.79 Å². The van der Waals surface area contributed by atoms with Gasteiger partial charge in [-0.2, -0.15) is 5.10 Å². The van der Waals surface area contributed by atoms with Crippen LogP contribution in [0.2, 0.25) is 0 Å². The Balaban J connectivity index is 1.45. The van der Waals surface area contributed by atoms with Gasteiger partial charge in [0.2, 0.25) is 0 Å². The van der Waals surface area contributed by atoms with Crippen molar-refractivity contribution in [3.05, 3.63) is 77.1 Å². The number of nitrogens with zero attached hydrogens (tertiary/aromatic N) is 3. The molecule has 1 aliphatic carbocycles. The van der Waals surface area contributed by atoms with Crippen molar-refractivity contribution in [2.45, 2.75) is 38.6 Å². The second-order valence-electron chi connectivity index (χ2n) is 7.70. The highest BCUT2D eigenvalue weighted by atomic mass is 19.1. The lowest BCUT2D eigenvalue weighted by Gasteiger charge is -2.15. The summed E-state index contributed by atoms with van der Waals surface area (Å²) in [6.07, 6.45) is 3.75. The van der Waals surface area contributed by atoms with Crippen molar-refractivity contribution in [1.82, 2.24) is 25.1 Å². The second kappa shape index (κ2) is 7.40. The summed E-state index contributed by atoms with van der Waals surface area (Å²) in [7, 11) is 0. The first-order chi connectivity index (χ1) is 14.6. The molecule has 2 heterocycles. The number of aromatic amines is 1. The number of para-hydroxylation sites is 2. The van der Waals surface area contributed by atoms with Crippen molar-refractivity contribution < 1.29 is 9.18 Å². The van der Waals surface area contributed by atoms with E-state index >= 15 is 0 Å². The monoisotopic (exact) mass is 403 g/mol. The van der Waals surface area contributed by atoms with E-state index in [-0.39, 0.29) is 17.8 Å². The number of benzene rings is 2. The van der Waals surface area contributed by atoms with E-state index in [2.05, 4.69) is 20.4 Å². The van der Waals surface area contributed by atoms with E-state index in [9.17, 15) is 9.18 Å². The molecule has 6 nitrogen and oxygen atoms in total. The van der Waals surface area contributed by atoms with E-state index < -0.39 is 0 Å². The standard InChI is InChI=1S/C23H22FN5O/c1-14(22-26-18-7-3-4-8-19(18)27-22)25-23(30)21-17-6-2-5-9-20(17)29(28-21)16-12-10-15(24)11-13-16/h3-4,7-8,10-14H,2,5-6,9H2,1H3,(H,25,30)(H,26,27)/t14-/m1/s1. The summed E-state index contributed by atoms with van der Waals surface area (Å²) in [5, 5.41) is 7.66. The maximum absolute atomic E-state index is 13.4. The molecule has 0 bridgehead atoms. The summed E-state index contributed by atoms with van der Waals surface area (Å²) in [6.45, 7) is 1.90. The molecule has 5 rings (SSSR count). The largest absolute Gasteiger partial charge is 0.341 e. The molecule has 4 aromatic rings. The Hall–Kier alpha value is -3.48. The van der Waals surface area contributed by atoms with Crippen LogP contribution < -0.4 is 5.32 Å². The van der Waals surface area contributed by atoms with Gasteiger partial charge in [-0.1, -0.05) is 12.1 Å². The highest BCUT2D eigenvalue weighted by Gasteiger charge is 2.27. The van der Waals surface area contributed by atoms with Gasteiger partial charge in [0.05, 0.1) is 22.8 Å². The van der Waals surface area contributed by atoms with Crippen LogP contribution in [0.25, 0.3) is 16.7 Å². The van der Waals surface area contributed by atoms with Gasteiger partial charge in [-0.15, -0.1) is 0 Å². The van der Waals surface area contributed by atoms with E-state index in [0.717, 1.165) is 53.7 Å². The van der Waals surface area contributed by atoms with E-state index in [1.165, 1.54) is 12.1 Å². The molecule has 0 saturated carbocycles. The zero-order valence-electron chi connectivity index (χ0n) is 16.7. The molecule has 0 radical (unpaired) electrons. The van der Waals surface area contributed by atoms with Crippen LogP contribution in [0, 0.1) is 5.82 Å². The fourth-order valence-corrected chi connectivity index (χ4v) is 4.09. The predicted octanol–water partition coefficient (Wildman–Crippen LogP) is 4.26. The molecule has 1 amide bonds. The molecule has 7 heteroatoms. The average Bonchev–Trinajstić information content (AvgIpc) is 3.36. The smallest absolute Gasteiger partial charge is 0.272 e. The van der Waals surface area contributed by atoms with Gasteiger partial charge < -0.3 is 10.3 Å². The Kier molecular flexibility index (Phi) is 4.58. The maximum atomic E-state index is 13.4. The summed E-state index contributed by atoms with van der Waals surface area (Å²) in [5.41, 5.74) is 5.03. The molecule has 0 spiro atoms. The number of rotatable bonds is 4. The van der Waals surface area contributed by atoms with Gasteiger partial charge in [0.25, 0.3) is 5.91 Å². The van der Waals surface area contributed by atoms with Crippen LogP contribution in [-0.4, -0.2) is 25.7 Å². The highest BCUT2D eigenvalue weighted by Crippen LogP contribution is 2.27. The number of aromatic nitrogens is 4. The SMILES string of the molecule is C[C@@H](NC(=O)c1nn(-c2ccc(F)cc2)c2c1CCCC2)c1nc2ccccc2[nH]1. The Morgan fingerprint density at radius 1 is 1.13 bits per heavy atom. The molecule has 1 aliphatic rings. The first-order valence-electron chi connectivity index (χ1n) is 10.2. The van der Waals surface area contributed by atoms with Crippen LogP contribution in [0.3, 0.4) is 0 Å². The lowest BCUT2D eigenvalue weighted by atomic mass is 9.95. The Bertz CT molecular complexity index is 1190. The molecule has 0 aliphatic heterocycles. The molecule has 152 valence electrons. The second-order valence-corrected chi connectivity index (χ2v) is 7.70. The number of halogens is 1. The number of hydrogen-bond acceptors (Lipinski definition) is 3. The van der Waals surface area contributed by atoms with Crippen molar-refractivity contribution in [3.8, 4) is 5.69 Å². The Morgan fingerprint density at radius 2 is 1.90 bits per heavy atom. The minimum absolute atomic E-state index is 0.220. The minimum Gasteiger partial charge on any atom is -0.341 e. The minimum atomic E-state index is -0.294. The zero-order chi connectivity index (χ0) is 20.7. The molecule has 2 aromatic heterocycles. The van der Waals surface area contributed by atoms with Gasteiger partial charge >= 0.3 is 0 Å². The third-order valence-electron chi connectivity index (χ3n) is 5.63. The summed E-state index contributed by atoms with van der Waals surface area (Å²) in [6, 6.07) is 13.7. The number of hydrogen-bond donors (Lipinski definition) is 2. The summed E-state index contributed by atoms with van der Waals surface area (Å²) in [5.74, 6) is 0.191. The first kappa shape index (κ1) is 18.5. The lowest BCUT2D eigenvalue weighted by molar-refractivity contribution is 0.0932. The maximum Gasteiger partial charge on any atom is 0.272 e. The molecule has 1 atom stereocenters. The molecule has 0 fully saturated rings. The first-order valence-corrected chi connectivity index (χ1v) is 10.2. The fraction of sp³-hybridized carbons (Fsp3) is 0.261. The van der Waals surface area contributed by atoms with Crippen LogP contribution >= 0.6 is 0 Å². The number of nitrogens with one attached hydrogen (secondary N) is 2. The molecular formula is C23H22FN5O. The van der Waals surface area contributed by atoms with Crippen LogP contribution in [0.5, 0.6) is 0 Å². The van der Waals surface area contributed by atoms with Gasteiger partial charge in [-0.05, 0) is 69.0 Å². The number of amides is 1. The molecule has 2 N–H and O–H groups in total. The number of carbonyl (C=O) groups is 1. The molecule has 2 aromatic carbocycles. The van der Waals surface area contributed by atoms with E-state index in [1.54, 1.807) is 16.8 Å². The van der Waals surface area contributed by atoms with Crippen molar-refractivity contribution in [3.63, 3.8) is 0 Å². The zero-order valence-corrected chi connectivity index (χ0v) is 16.7. The number of imidazole rings is 1. The van der Waals surface area contributed by atoms with Crippen LogP contribution in [0.1, 0.15) is 53.4 Å². The topological polar surface area (TPSA) is 75.6 Å². The van der Waals surface area contributed by atoms with Gasteiger partial charge in [0.1, 0.15) is 11.6 Å². The summed E-state index contributed by atoms with van der Waals surface area (Å²) >= 11 is 0. The third kappa shape index (κ3) is 3.26. The quantitative estimate of drug-likeness (QED) is 0.535. The fourth-order valence-electron chi connectivity index (χ4n) is 4.09. The number of fused-ring (bicyclic) bond motifs is 2. The van der Waals surface area contributed by atoms with Crippen molar-refractivity contribution in [1.29, 1.82) is 0 Å². The number of H-pyrrole nitrogens is 1. The Morgan fingerprint density at radius 3 is 2.70 bits per heavy atom. The van der Waals surface area contributed by atoms with E-state index in [1.807, 2.05) is 31.2 Å². The lowest BCUT2D eigenvalue weighted by Crippen LogP contribution is -2.28. The van der Waals surface area contributed by atoms with Gasteiger partial charge in [0, 0.05) is 11.3 Å². The van der Waals surface area contributed by atoms with E-state index in [0.29, 0.717) is 11.5 Å². The van der Waals surface area contributed by atoms with Crippen molar-refractivity contribution in [2.24, 2.45) is 0 Å². The average molecular weight is 403 g/mol. The van der Waals surface area contributed by atoms with Crippen LogP contribution in [-0.2, 0) is 12.8 Å². The van der Waals surface area contributed by atoms with Gasteiger partial charge in [-0.25, -0.2) is 14.1 Å².